The average molecular weight is 345 g/mol. The summed E-state index contributed by atoms with van der Waals surface area (Å²) in [4.78, 5) is 0. The van der Waals surface area contributed by atoms with Gasteiger partial charge in [-0.15, -0.1) is 11.6 Å². The second-order valence-corrected chi connectivity index (χ2v) is 7.24. The molecule has 0 aromatic rings. The van der Waals surface area contributed by atoms with Gasteiger partial charge in [0.1, 0.15) is 9.84 Å². The standard InChI is InChI=1S/C11H18ClF5O2S/c12-7-3-1-2-4-8-20(18,19)9-5-6-10(13,14)11(15,16)17/h1-9H2. The minimum Gasteiger partial charge on any atom is -0.229 e. The predicted octanol–water partition coefficient (Wildman–Crippen LogP) is 4.18. The van der Waals surface area contributed by atoms with Crippen molar-refractivity contribution in [1.29, 1.82) is 0 Å². The molecule has 9 heteroatoms. The lowest BCUT2D eigenvalue weighted by Crippen LogP contribution is -2.36. The first-order chi connectivity index (χ1) is 9.02. The Morgan fingerprint density at radius 2 is 1.30 bits per heavy atom. The van der Waals surface area contributed by atoms with Gasteiger partial charge < -0.3 is 0 Å². The van der Waals surface area contributed by atoms with Crippen molar-refractivity contribution in [2.24, 2.45) is 0 Å². The van der Waals surface area contributed by atoms with Gasteiger partial charge in [0.25, 0.3) is 0 Å². The van der Waals surface area contributed by atoms with E-state index >= 15 is 0 Å². The molecule has 0 saturated carbocycles. The summed E-state index contributed by atoms with van der Waals surface area (Å²) in [6, 6.07) is 0. The Hall–Kier alpha value is -0.110. The molecule has 0 fully saturated rings. The van der Waals surface area contributed by atoms with Crippen LogP contribution in [-0.4, -0.2) is 37.9 Å². The van der Waals surface area contributed by atoms with Gasteiger partial charge in [-0.25, -0.2) is 8.42 Å². The molecule has 20 heavy (non-hydrogen) atoms. The van der Waals surface area contributed by atoms with Crippen LogP contribution in [0.4, 0.5) is 22.0 Å². The molecule has 0 aliphatic rings. The number of alkyl halides is 6. The molecule has 0 aliphatic heterocycles. The largest absolute Gasteiger partial charge is 0.453 e. The molecule has 0 unspecified atom stereocenters. The highest BCUT2D eigenvalue weighted by Gasteiger charge is 2.56. The smallest absolute Gasteiger partial charge is 0.229 e. The van der Waals surface area contributed by atoms with Crippen LogP contribution in [0.2, 0.25) is 0 Å². The highest BCUT2D eigenvalue weighted by atomic mass is 35.5. The molecule has 0 radical (unpaired) electrons. The van der Waals surface area contributed by atoms with Crippen molar-refractivity contribution in [3.05, 3.63) is 0 Å². The number of hydrogen-bond donors (Lipinski definition) is 0. The summed E-state index contributed by atoms with van der Waals surface area (Å²) in [5.41, 5.74) is 0. The molecular weight excluding hydrogens is 327 g/mol. The highest BCUT2D eigenvalue weighted by molar-refractivity contribution is 7.91. The van der Waals surface area contributed by atoms with Gasteiger partial charge in [0.2, 0.25) is 0 Å². The van der Waals surface area contributed by atoms with Crippen LogP contribution in [0.5, 0.6) is 0 Å². The molecule has 0 aromatic carbocycles. The third kappa shape index (κ3) is 8.24. The molecule has 0 spiro atoms. The van der Waals surface area contributed by atoms with E-state index in [9.17, 15) is 30.4 Å². The number of sulfone groups is 1. The quantitative estimate of drug-likeness (QED) is 0.338. The molecule has 0 heterocycles. The van der Waals surface area contributed by atoms with Crippen molar-refractivity contribution < 1.29 is 30.4 Å². The van der Waals surface area contributed by atoms with E-state index in [0.717, 1.165) is 12.8 Å². The van der Waals surface area contributed by atoms with Gasteiger partial charge in [-0.1, -0.05) is 12.8 Å². The summed E-state index contributed by atoms with van der Waals surface area (Å²) in [5, 5.41) is 0. The average Bonchev–Trinajstić information content (AvgIpc) is 2.26. The van der Waals surface area contributed by atoms with Gasteiger partial charge in [-0.3, -0.25) is 0 Å². The fourth-order valence-electron chi connectivity index (χ4n) is 1.53. The zero-order valence-electron chi connectivity index (χ0n) is 10.9. The van der Waals surface area contributed by atoms with Crippen molar-refractivity contribution >= 4 is 21.4 Å². The maximum absolute atomic E-state index is 12.6. The van der Waals surface area contributed by atoms with Crippen LogP contribution in [0.1, 0.15) is 38.5 Å². The first-order valence-corrected chi connectivity index (χ1v) is 8.58. The lowest BCUT2D eigenvalue weighted by atomic mass is 10.2. The van der Waals surface area contributed by atoms with Gasteiger partial charge in [0.05, 0.1) is 11.5 Å². The summed E-state index contributed by atoms with van der Waals surface area (Å²) in [6.45, 7) is 0. The van der Waals surface area contributed by atoms with Crippen LogP contribution in [0.3, 0.4) is 0 Å². The van der Waals surface area contributed by atoms with E-state index in [1.165, 1.54) is 0 Å². The molecule has 0 rings (SSSR count). The Balaban J connectivity index is 4.00. The second kappa shape index (κ2) is 8.36. The summed E-state index contributed by atoms with van der Waals surface area (Å²) >= 11 is 5.44. The van der Waals surface area contributed by atoms with Crippen molar-refractivity contribution in [2.45, 2.75) is 50.6 Å². The van der Waals surface area contributed by atoms with Gasteiger partial charge in [-0.05, 0) is 19.3 Å². The van der Waals surface area contributed by atoms with Crippen molar-refractivity contribution in [1.82, 2.24) is 0 Å². The fourth-order valence-corrected chi connectivity index (χ4v) is 3.15. The molecule has 0 atom stereocenters. The first kappa shape index (κ1) is 19.9. The van der Waals surface area contributed by atoms with Crippen molar-refractivity contribution in [3.8, 4) is 0 Å². The maximum atomic E-state index is 12.6. The Kier molecular flexibility index (Phi) is 8.32. The Morgan fingerprint density at radius 1 is 0.800 bits per heavy atom. The van der Waals surface area contributed by atoms with E-state index in [-0.39, 0.29) is 5.75 Å². The molecule has 122 valence electrons. The van der Waals surface area contributed by atoms with Crippen LogP contribution < -0.4 is 0 Å². The van der Waals surface area contributed by atoms with Crippen LogP contribution in [0.25, 0.3) is 0 Å². The van der Waals surface area contributed by atoms with Gasteiger partial charge in [0.15, 0.2) is 0 Å². The van der Waals surface area contributed by atoms with Crippen molar-refractivity contribution in [2.75, 3.05) is 17.4 Å². The molecule has 0 aliphatic carbocycles. The second-order valence-electron chi connectivity index (χ2n) is 4.56. The molecule has 0 aromatic heterocycles. The van der Waals surface area contributed by atoms with Crippen LogP contribution >= 0.6 is 11.6 Å². The molecule has 0 bridgehead atoms. The lowest BCUT2D eigenvalue weighted by Gasteiger charge is -2.19. The summed E-state index contributed by atoms with van der Waals surface area (Å²) in [7, 11) is -3.57. The van der Waals surface area contributed by atoms with E-state index in [4.69, 9.17) is 11.6 Å². The van der Waals surface area contributed by atoms with E-state index in [1.54, 1.807) is 0 Å². The molecule has 0 amide bonds. The van der Waals surface area contributed by atoms with E-state index in [2.05, 4.69) is 0 Å². The minimum atomic E-state index is -5.63. The minimum absolute atomic E-state index is 0.188. The van der Waals surface area contributed by atoms with Crippen LogP contribution in [-0.2, 0) is 9.84 Å². The number of halogens is 6. The zero-order chi connectivity index (χ0) is 15.9. The van der Waals surface area contributed by atoms with Gasteiger partial charge in [-0.2, -0.15) is 22.0 Å². The number of hydrogen-bond acceptors (Lipinski definition) is 2. The van der Waals surface area contributed by atoms with Gasteiger partial charge in [0, 0.05) is 12.3 Å². The monoisotopic (exact) mass is 344 g/mol. The summed E-state index contributed by atoms with van der Waals surface area (Å²) in [6.07, 6.45) is -5.28. The van der Waals surface area contributed by atoms with Crippen LogP contribution in [0.15, 0.2) is 0 Å². The highest BCUT2D eigenvalue weighted by Crippen LogP contribution is 2.38. The lowest BCUT2D eigenvalue weighted by molar-refractivity contribution is -0.284. The normalized spacial score (nSPS) is 13.7. The first-order valence-electron chi connectivity index (χ1n) is 6.23. The third-order valence-corrected chi connectivity index (χ3v) is 4.79. The number of rotatable bonds is 10. The third-order valence-electron chi connectivity index (χ3n) is 2.70. The Morgan fingerprint density at radius 3 is 1.80 bits per heavy atom. The van der Waals surface area contributed by atoms with Crippen LogP contribution in [0, 0.1) is 0 Å². The molecule has 0 saturated heterocycles. The zero-order valence-corrected chi connectivity index (χ0v) is 12.4. The Labute approximate surface area is 120 Å². The van der Waals surface area contributed by atoms with E-state index in [0.29, 0.717) is 18.7 Å². The molecule has 2 nitrogen and oxygen atoms in total. The van der Waals surface area contributed by atoms with E-state index < -0.39 is 40.5 Å². The Bertz CT molecular complexity index is 367. The molecule has 0 N–H and O–H groups in total. The SMILES string of the molecule is O=S(=O)(CCCCCCCl)CCCC(F)(F)C(F)(F)F. The fraction of sp³-hybridized carbons (Fsp3) is 1.00. The predicted molar refractivity (Wildman–Crippen MR) is 68.1 cm³/mol. The topological polar surface area (TPSA) is 34.1 Å². The maximum Gasteiger partial charge on any atom is 0.453 e. The summed E-state index contributed by atoms with van der Waals surface area (Å²) < 4.78 is 83.6. The number of unbranched alkanes of at least 4 members (excludes halogenated alkanes) is 3. The van der Waals surface area contributed by atoms with Gasteiger partial charge >= 0.3 is 12.1 Å². The van der Waals surface area contributed by atoms with E-state index in [1.807, 2.05) is 0 Å². The summed E-state index contributed by atoms with van der Waals surface area (Å²) in [5.74, 6) is -5.18. The van der Waals surface area contributed by atoms with Crippen molar-refractivity contribution in [3.63, 3.8) is 0 Å². The molecular formula is C11H18ClF5O2S.